The Morgan fingerprint density at radius 2 is 1.76 bits per heavy atom. The van der Waals surface area contributed by atoms with Gasteiger partial charge in [0, 0.05) is 18.8 Å². The van der Waals surface area contributed by atoms with Crippen molar-refractivity contribution in [2.24, 2.45) is 5.92 Å². The van der Waals surface area contributed by atoms with Gasteiger partial charge in [0.25, 0.3) is 0 Å². The van der Waals surface area contributed by atoms with E-state index in [4.69, 9.17) is 0 Å². The van der Waals surface area contributed by atoms with Gasteiger partial charge >= 0.3 is 11.8 Å². The Bertz CT molecular complexity index is 735. The smallest absolute Gasteiger partial charge is 0.313 e. The van der Waals surface area contributed by atoms with E-state index in [2.05, 4.69) is 29.6 Å². The number of piperidine rings is 1. The highest BCUT2D eigenvalue weighted by atomic mass is 16.2. The summed E-state index contributed by atoms with van der Waals surface area (Å²) in [5, 5.41) is 2.70. The van der Waals surface area contributed by atoms with E-state index in [9.17, 15) is 9.59 Å². The molecule has 2 amide bonds. The van der Waals surface area contributed by atoms with Crippen molar-refractivity contribution in [3.05, 3.63) is 65.7 Å². The summed E-state index contributed by atoms with van der Waals surface area (Å²) in [4.78, 5) is 26.2. The van der Waals surface area contributed by atoms with E-state index in [1.54, 1.807) is 11.0 Å². The van der Waals surface area contributed by atoms with E-state index < -0.39 is 11.8 Å². The van der Waals surface area contributed by atoms with E-state index in [0.717, 1.165) is 24.8 Å². The summed E-state index contributed by atoms with van der Waals surface area (Å²) in [6.07, 6.45) is 2.93. The molecule has 0 unspecified atom stereocenters. The minimum Gasteiger partial charge on any atom is -0.334 e. The molecular formula is C21H24N2O2. The molecule has 3 rings (SSSR count). The first-order valence-electron chi connectivity index (χ1n) is 8.82. The molecule has 1 aliphatic heterocycles. The predicted molar refractivity (Wildman–Crippen MR) is 99.3 cm³/mol. The van der Waals surface area contributed by atoms with Crippen LogP contribution in [0.2, 0.25) is 0 Å². The maximum atomic E-state index is 12.4. The largest absolute Gasteiger partial charge is 0.334 e. The van der Waals surface area contributed by atoms with Gasteiger partial charge in [0.1, 0.15) is 0 Å². The number of anilines is 1. The second kappa shape index (κ2) is 7.97. The molecule has 130 valence electrons. The Balaban J connectivity index is 1.50. The van der Waals surface area contributed by atoms with E-state index >= 15 is 0 Å². The van der Waals surface area contributed by atoms with Crippen LogP contribution in [-0.4, -0.2) is 29.8 Å². The lowest BCUT2D eigenvalue weighted by molar-refractivity contribution is -0.144. The highest BCUT2D eigenvalue weighted by Crippen LogP contribution is 2.22. The summed E-state index contributed by atoms with van der Waals surface area (Å²) in [6, 6.07) is 17.9. The minimum absolute atomic E-state index is 0.431. The van der Waals surface area contributed by atoms with Crippen LogP contribution in [-0.2, 0) is 16.0 Å². The first-order chi connectivity index (χ1) is 12.1. The fraction of sp³-hybridized carbons (Fsp3) is 0.333. The number of carbonyl (C=O) groups is 2. The Hall–Kier alpha value is -2.62. The van der Waals surface area contributed by atoms with Crippen LogP contribution in [0.3, 0.4) is 0 Å². The molecule has 0 saturated carbocycles. The number of amides is 2. The summed E-state index contributed by atoms with van der Waals surface area (Å²) in [7, 11) is 0. The molecule has 0 radical (unpaired) electrons. The molecule has 4 nitrogen and oxygen atoms in total. The lowest BCUT2D eigenvalue weighted by Gasteiger charge is -2.31. The molecule has 4 heteroatoms. The summed E-state index contributed by atoms with van der Waals surface area (Å²) in [5.74, 6) is -0.405. The van der Waals surface area contributed by atoms with Crippen LogP contribution in [0.15, 0.2) is 54.6 Å². The van der Waals surface area contributed by atoms with Crippen LogP contribution in [0.5, 0.6) is 0 Å². The molecule has 1 saturated heterocycles. The molecule has 2 aromatic carbocycles. The van der Waals surface area contributed by atoms with Gasteiger partial charge in [-0.2, -0.15) is 0 Å². The van der Waals surface area contributed by atoms with Gasteiger partial charge in [-0.25, -0.2) is 0 Å². The van der Waals surface area contributed by atoms with E-state index in [1.165, 1.54) is 5.56 Å². The number of rotatable bonds is 3. The average Bonchev–Trinajstić information content (AvgIpc) is 2.62. The molecule has 1 heterocycles. The van der Waals surface area contributed by atoms with Crippen LogP contribution in [0.1, 0.15) is 24.0 Å². The monoisotopic (exact) mass is 336 g/mol. The fourth-order valence-corrected chi connectivity index (χ4v) is 3.34. The zero-order valence-electron chi connectivity index (χ0n) is 14.6. The third-order valence-corrected chi connectivity index (χ3v) is 4.74. The second-order valence-electron chi connectivity index (χ2n) is 6.75. The summed E-state index contributed by atoms with van der Waals surface area (Å²) >= 11 is 0. The lowest BCUT2D eigenvalue weighted by Crippen LogP contribution is -2.44. The molecule has 0 aliphatic carbocycles. The maximum absolute atomic E-state index is 12.4. The van der Waals surface area contributed by atoms with Crippen molar-refractivity contribution in [1.82, 2.24) is 4.90 Å². The topological polar surface area (TPSA) is 49.4 Å². The lowest BCUT2D eigenvalue weighted by atomic mass is 9.90. The molecule has 1 fully saturated rings. The van der Waals surface area contributed by atoms with Gasteiger partial charge in [-0.1, -0.05) is 42.5 Å². The maximum Gasteiger partial charge on any atom is 0.313 e. The number of aryl methyl sites for hydroxylation is 1. The van der Waals surface area contributed by atoms with Crippen molar-refractivity contribution in [3.63, 3.8) is 0 Å². The van der Waals surface area contributed by atoms with Crippen LogP contribution in [0.25, 0.3) is 0 Å². The number of nitrogens with one attached hydrogen (secondary N) is 1. The van der Waals surface area contributed by atoms with Crippen molar-refractivity contribution < 1.29 is 9.59 Å². The highest BCUT2D eigenvalue weighted by Gasteiger charge is 2.27. The van der Waals surface area contributed by atoms with E-state index in [1.807, 2.05) is 31.2 Å². The number of nitrogens with zero attached hydrogens (tertiary/aromatic N) is 1. The second-order valence-corrected chi connectivity index (χ2v) is 6.75. The van der Waals surface area contributed by atoms with Gasteiger partial charge in [0.05, 0.1) is 0 Å². The van der Waals surface area contributed by atoms with Crippen molar-refractivity contribution in [1.29, 1.82) is 0 Å². The van der Waals surface area contributed by atoms with Crippen molar-refractivity contribution in [2.45, 2.75) is 26.2 Å². The fourth-order valence-electron chi connectivity index (χ4n) is 3.34. The van der Waals surface area contributed by atoms with Crippen molar-refractivity contribution in [2.75, 3.05) is 18.4 Å². The van der Waals surface area contributed by atoms with Crippen molar-refractivity contribution in [3.8, 4) is 0 Å². The van der Waals surface area contributed by atoms with Gasteiger partial charge in [0.2, 0.25) is 0 Å². The molecule has 0 aromatic heterocycles. The number of benzene rings is 2. The number of carbonyl (C=O) groups excluding carboxylic acids is 2. The third-order valence-electron chi connectivity index (χ3n) is 4.74. The molecule has 0 atom stereocenters. The quantitative estimate of drug-likeness (QED) is 0.873. The van der Waals surface area contributed by atoms with Gasteiger partial charge in [-0.05, 0) is 55.4 Å². The summed E-state index contributed by atoms with van der Waals surface area (Å²) in [5.41, 5.74) is 3.05. The molecule has 25 heavy (non-hydrogen) atoms. The highest BCUT2D eigenvalue weighted by molar-refractivity contribution is 6.39. The predicted octanol–water partition coefficient (Wildman–Crippen LogP) is 3.41. The zero-order chi connectivity index (χ0) is 17.6. The molecule has 0 bridgehead atoms. The van der Waals surface area contributed by atoms with E-state index in [-0.39, 0.29) is 0 Å². The van der Waals surface area contributed by atoms with Gasteiger partial charge in [-0.3, -0.25) is 9.59 Å². The first-order valence-corrected chi connectivity index (χ1v) is 8.82. The Morgan fingerprint density at radius 1 is 1.04 bits per heavy atom. The Labute approximate surface area is 148 Å². The van der Waals surface area contributed by atoms with Crippen LogP contribution in [0.4, 0.5) is 5.69 Å². The number of hydrogen-bond acceptors (Lipinski definition) is 2. The zero-order valence-corrected chi connectivity index (χ0v) is 14.6. The minimum atomic E-state index is -0.549. The number of likely N-dealkylation sites (tertiary alicyclic amines) is 1. The average molecular weight is 336 g/mol. The molecule has 1 aliphatic rings. The molecule has 2 aromatic rings. The van der Waals surface area contributed by atoms with Gasteiger partial charge < -0.3 is 10.2 Å². The first kappa shape index (κ1) is 17.2. The van der Waals surface area contributed by atoms with E-state index in [0.29, 0.717) is 24.7 Å². The number of hydrogen-bond donors (Lipinski definition) is 1. The SMILES string of the molecule is Cc1cccc(NC(=O)C(=O)N2CCC(Cc3ccccc3)CC2)c1. The van der Waals surface area contributed by atoms with Gasteiger partial charge in [0.15, 0.2) is 0 Å². The van der Waals surface area contributed by atoms with Crippen molar-refractivity contribution >= 4 is 17.5 Å². The molecular weight excluding hydrogens is 312 g/mol. The van der Waals surface area contributed by atoms with Crippen LogP contribution in [0, 0.1) is 12.8 Å². The summed E-state index contributed by atoms with van der Waals surface area (Å²) in [6.45, 7) is 3.25. The Kier molecular flexibility index (Phi) is 5.49. The Morgan fingerprint density at radius 3 is 2.44 bits per heavy atom. The van der Waals surface area contributed by atoms with Crippen LogP contribution < -0.4 is 5.32 Å². The molecule has 0 spiro atoms. The van der Waals surface area contributed by atoms with Gasteiger partial charge in [-0.15, -0.1) is 0 Å². The van der Waals surface area contributed by atoms with Crippen LogP contribution >= 0.6 is 0 Å². The third kappa shape index (κ3) is 4.69. The normalized spacial score (nSPS) is 15.0. The summed E-state index contributed by atoms with van der Waals surface area (Å²) < 4.78 is 0. The molecule has 1 N–H and O–H groups in total. The standard InChI is InChI=1S/C21H24N2O2/c1-16-6-5-9-19(14-16)22-20(24)21(25)23-12-10-18(11-13-23)15-17-7-3-2-4-8-17/h2-9,14,18H,10-13,15H2,1H3,(H,22,24).